The number of thiazole rings is 1. The van der Waals surface area contributed by atoms with Gasteiger partial charge in [-0.05, 0) is 139 Å². The molecule has 3 aromatic heterocycles. The van der Waals surface area contributed by atoms with Gasteiger partial charge in [0.15, 0.2) is 0 Å². The molecule has 103 heavy (non-hydrogen) atoms. The fourth-order valence-electron chi connectivity index (χ4n) is 14.3. The molecule has 3 atom stereocenters. The molecule has 4 aromatic carbocycles. The van der Waals surface area contributed by atoms with Crippen LogP contribution in [0.5, 0.6) is 11.5 Å². The summed E-state index contributed by atoms with van der Waals surface area (Å²) in [6, 6.07) is 26.3. The van der Waals surface area contributed by atoms with Gasteiger partial charge in [-0.15, -0.1) is 11.3 Å². The Morgan fingerprint density at radius 2 is 1.57 bits per heavy atom. The first-order chi connectivity index (χ1) is 49.2. The number of nitrogens with one attached hydrogen (secondary N) is 5. The van der Waals surface area contributed by atoms with Crippen LogP contribution >= 0.6 is 22.9 Å². The third-order valence-corrected chi connectivity index (χ3v) is 22.9. The number of aryl methyl sites for hydroxylation is 1. The Bertz CT molecular complexity index is 4350. The number of unbranched alkanes of at least 4 members (excludes halogenated alkanes) is 5. The molecule has 3 saturated heterocycles. The van der Waals surface area contributed by atoms with Crippen molar-refractivity contribution in [2.24, 2.45) is 16.7 Å². The second-order valence-electron chi connectivity index (χ2n) is 29.7. The van der Waals surface area contributed by atoms with Gasteiger partial charge in [-0.3, -0.25) is 39.0 Å². The summed E-state index contributed by atoms with van der Waals surface area (Å²) in [7, 11) is -4.67. The normalized spacial score (nSPS) is 17.8. The summed E-state index contributed by atoms with van der Waals surface area (Å²) in [4.78, 5) is 101. The van der Waals surface area contributed by atoms with E-state index in [0.29, 0.717) is 74.8 Å². The number of β-amino-alcohol motifs (C(OH)–C–C–N with tert-alkyl or cyclic N) is 1. The number of aromatic nitrogens is 3. The number of benzene rings is 4. The Labute approximate surface area is 611 Å². The molecular weight excluding hydrogens is 1370 g/mol. The number of piperidine rings is 1. The molecule has 0 radical (unpaired) electrons. The number of hydrogen-bond donors (Lipinski definition) is 6. The summed E-state index contributed by atoms with van der Waals surface area (Å²) >= 11 is 7.85. The average Bonchev–Trinajstić information content (AvgIpc) is 1.01. The van der Waals surface area contributed by atoms with Crippen LogP contribution < -0.4 is 30.3 Å². The molecule has 548 valence electrons. The van der Waals surface area contributed by atoms with Gasteiger partial charge in [-0.1, -0.05) is 114 Å². The zero-order chi connectivity index (χ0) is 73.2. The second kappa shape index (κ2) is 33.4. The molecular formula is C77H95ClN12O11S2. The maximum absolute atomic E-state index is 14.2. The lowest BCUT2D eigenvalue weighted by molar-refractivity contribution is -0.384. The second-order valence-corrected chi connectivity index (χ2v) is 32.7. The summed E-state index contributed by atoms with van der Waals surface area (Å²) in [5.74, 6) is -1.46. The zero-order valence-electron chi connectivity index (χ0n) is 59.6. The Kier molecular flexibility index (Phi) is 24.4. The van der Waals surface area contributed by atoms with Crippen molar-refractivity contribution in [3.63, 3.8) is 0 Å². The third-order valence-electron chi connectivity index (χ3n) is 20.4. The number of fused-ring (bicyclic) bond motifs is 1. The molecule has 26 heteroatoms. The number of aliphatic hydroxyl groups excluding tert-OH is 1. The van der Waals surface area contributed by atoms with Crippen molar-refractivity contribution in [3.05, 3.63) is 158 Å². The summed E-state index contributed by atoms with van der Waals surface area (Å²) < 4.78 is 36.6. The predicted molar refractivity (Wildman–Crippen MR) is 401 cm³/mol. The summed E-state index contributed by atoms with van der Waals surface area (Å²) in [5, 5.41) is 33.7. The number of aromatic amines is 1. The van der Waals surface area contributed by atoms with Crippen LogP contribution in [0.25, 0.3) is 27.0 Å². The molecule has 11 rings (SSSR count). The maximum atomic E-state index is 14.2. The number of ether oxygens (including phenoxy) is 1. The van der Waals surface area contributed by atoms with E-state index in [1.807, 2.05) is 80.6 Å². The predicted octanol–water partition coefficient (Wildman–Crippen LogP) is 12.8. The fourth-order valence-corrected chi connectivity index (χ4v) is 16.2. The van der Waals surface area contributed by atoms with Gasteiger partial charge in [0.05, 0.1) is 43.8 Å². The highest BCUT2D eigenvalue weighted by atomic mass is 35.5. The first-order valence-electron chi connectivity index (χ1n) is 35.9. The Morgan fingerprint density at radius 1 is 0.864 bits per heavy atom. The van der Waals surface area contributed by atoms with Crippen molar-refractivity contribution in [1.29, 1.82) is 0 Å². The van der Waals surface area contributed by atoms with Crippen molar-refractivity contribution >= 4 is 96.2 Å². The molecule has 1 aliphatic carbocycles. The van der Waals surface area contributed by atoms with Crippen molar-refractivity contribution < 1.29 is 47.2 Å². The van der Waals surface area contributed by atoms with Gasteiger partial charge in [0.2, 0.25) is 23.6 Å². The molecule has 0 saturated carbocycles. The number of nitro groups is 1. The van der Waals surface area contributed by atoms with Gasteiger partial charge < -0.3 is 45.5 Å². The first-order valence-corrected chi connectivity index (χ1v) is 38.6. The molecule has 6 heterocycles. The lowest BCUT2D eigenvalue weighted by atomic mass is 9.72. The van der Waals surface area contributed by atoms with Gasteiger partial charge in [-0.25, -0.2) is 23.1 Å². The monoisotopic (exact) mass is 1460 g/mol. The quantitative estimate of drug-likeness (QED) is 0.0151. The fraction of sp³-hybridized carbons (Fsp3) is 0.468. The van der Waals surface area contributed by atoms with E-state index < -0.39 is 60.9 Å². The number of H-pyrrole nitrogens is 1. The molecule has 0 spiro atoms. The number of anilines is 2. The Hall–Kier alpha value is -8.75. The topological polar surface area (TPSA) is 295 Å². The lowest BCUT2D eigenvalue weighted by Crippen LogP contribution is -2.57. The average molecular weight is 1460 g/mol. The van der Waals surface area contributed by atoms with Crippen LogP contribution in [0.2, 0.25) is 5.02 Å². The van der Waals surface area contributed by atoms with E-state index >= 15 is 0 Å². The van der Waals surface area contributed by atoms with Gasteiger partial charge in [-0.2, -0.15) is 0 Å². The van der Waals surface area contributed by atoms with E-state index in [0.717, 1.165) is 110 Å². The highest BCUT2D eigenvalue weighted by Gasteiger charge is 2.45. The van der Waals surface area contributed by atoms with Crippen LogP contribution in [0.15, 0.2) is 125 Å². The van der Waals surface area contributed by atoms with Crippen molar-refractivity contribution in [2.75, 3.05) is 69.1 Å². The van der Waals surface area contributed by atoms with Gasteiger partial charge >= 0.3 is 0 Å². The van der Waals surface area contributed by atoms with E-state index in [2.05, 4.69) is 71.4 Å². The number of allylic oxidation sites excluding steroid dienone is 1. The SMILES string of the molecule is Cc1ncsc1-c1ccc(CNC(=O)[C@@H]2C[C@@H](O)CN2C(=O)[C@@H](NC(=O)CCCCCCCCC(=O)N2CCC(CNc3ccc(S(=O)(=O)NC(=O)c4ccc(N5CCN(CC6=C(c7ccc(Cl)cc7)CC(C)(C)CC6)CC5)cc4Oc4cnc5[nH]ccc5c4)cc3[N+](=O)[O-])CC2)C(C)(C)C)cc1. The number of sulfonamides is 1. The van der Waals surface area contributed by atoms with Gasteiger partial charge in [0, 0.05) is 119 Å². The minimum Gasteiger partial charge on any atom is -0.455 e. The van der Waals surface area contributed by atoms with E-state index in [1.165, 1.54) is 46.0 Å². The smallest absolute Gasteiger partial charge is 0.293 e. The molecule has 3 fully saturated rings. The van der Waals surface area contributed by atoms with E-state index in [9.17, 15) is 47.6 Å². The molecule has 0 unspecified atom stereocenters. The molecule has 4 aliphatic rings. The number of halogens is 1. The number of hydrogen-bond acceptors (Lipinski definition) is 17. The van der Waals surface area contributed by atoms with Crippen LogP contribution in [0.4, 0.5) is 17.1 Å². The number of amides is 5. The minimum atomic E-state index is -4.67. The molecule has 3 aliphatic heterocycles. The van der Waals surface area contributed by atoms with Crippen molar-refractivity contribution in [3.8, 4) is 21.9 Å². The standard InChI is InChI=1S/C77H95ClN12O11S2/c1-50-70(102-49-83-50)54-17-15-51(16-18-54)45-82-74(95)66-41-59(91)48-89(66)75(96)71(76(2,3)4)84-68(92)13-11-9-7-8-10-12-14-69(93)88-33-29-52(30-34-88)44-80-64-26-24-61(42-65(64)90(97)98)103(99,100)85-73(94)62-25-23-58(40-67(62)101-60-39-55-28-32-79-72(55)81-46-60)87-37-35-86(36-38-87)47-56-27-31-77(5,6)43-63(56)53-19-21-57(78)22-20-53/h15-26,28,32,39-40,42,46,49,52,59,66,71,80,91H,7-14,27,29-31,33-38,41,43-45,47-48H2,1-6H3,(H,79,81)(H,82,95)(H,84,92)(H,85,94)/t59-,66+,71-/m1/s1. The highest BCUT2D eigenvalue weighted by molar-refractivity contribution is 7.90. The molecule has 6 N–H and O–H groups in total. The van der Waals surface area contributed by atoms with Crippen molar-refractivity contribution in [2.45, 2.75) is 161 Å². The number of carbonyl (C=O) groups excluding carboxylic acids is 5. The van der Waals surface area contributed by atoms with Gasteiger partial charge in [0.25, 0.3) is 21.6 Å². The number of carbonyl (C=O) groups is 5. The maximum Gasteiger partial charge on any atom is 0.293 e. The summed E-state index contributed by atoms with van der Waals surface area (Å²) in [6.45, 7) is 17.7. The molecule has 23 nitrogen and oxygen atoms in total. The van der Waals surface area contributed by atoms with Crippen LogP contribution in [-0.4, -0.2) is 155 Å². The highest BCUT2D eigenvalue weighted by Crippen LogP contribution is 2.44. The molecule has 7 aromatic rings. The number of piperazine rings is 1. The summed E-state index contributed by atoms with van der Waals surface area (Å²) in [6.07, 6.45) is 12.3. The van der Waals surface area contributed by atoms with E-state index in [1.54, 1.807) is 35.7 Å². The number of rotatable bonds is 28. The number of pyridine rings is 1. The van der Waals surface area contributed by atoms with E-state index in [-0.39, 0.29) is 72.0 Å². The minimum absolute atomic E-state index is 0.0114. The van der Waals surface area contributed by atoms with Crippen LogP contribution in [0, 0.1) is 33.8 Å². The summed E-state index contributed by atoms with van der Waals surface area (Å²) in [5.41, 5.74) is 9.23. The lowest BCUT2D eigenvalue weighted by Gasteiger charge is -2.39. The number of aliphatic hydroxyl groups is 1. The largest absolute Gasteiger partial charge is 0.455 e. The number of nitro benzene ring substituents is 1. The molecule has 5 amide bonds. The Morgan fingerprint density at radius 3 is 2.27 bits per heavy atom. The molecule has 0 bridgehead atoms. The van der Waals surface area contributed by atoms with Crippen LogP contribution in [0.1, 0.15) is 152 Å². The van der Waals surface area contributed by atoms with Crippen molar-refractivity contribution in [1.82, 2.24) is 45.0 Å². The van der Waals surface area contributed by atoms with Gasteiger partial charge in [0.1, 0.15) is 34.9 Å². The number of likely N-dealkylation sites (tertiary alicyclic amines) is 2. The Balaban J connectivity index is 0.605. The van der Waals surface area contributed by atoms with E-state index in [4.69, 9.17) is 16.3 Å². The zero-order valence-corrected chi connectivity index (χ0v) is 62.0. The first kappa shape index (κ1) is 75.4. The number of nitrogens with zero attached hydrogens (tertiary/aromatic N) is 7. The van der Waals surface area contributed by atoms with Crippen LogP contribution in [-0.2, 0) is 35.7 Å². The van der Waals surface area contributed by atoms with Crippen LogP contribution in [0.3, 0.4) is 0 Å². The third kappa shape index (κ3) is 19.6.